The first kappa shape index (κ1) is 24.9. The van der Waals surface area contributed by atoms with Crippen molar-refractivity contribution in [3.63, 3.8) is 0 Å². The second-order valence-corrected chi connectivity index (χ2v) is 8.52. The molecule has 1 rings (SSSR count). The predicted octanol–water partition coefficient (Wildman–Crippen LogP) is 0.132. The SMILES string of the molecule is CCOC(=O)C(C(=O)OCC)[C@H]1CS(=O)(=O)C[C@H]1C(C(=O)OCC)C(=O)OCC. The Morgan fingerprint density at radius 1 is 0.655 bits per heavy atom. The van der Waals surface area contributed by atoms with Gasteiger partial charge in [0.1, 0.15) is 0 Å². The molecular formula is C18H28O10S. The Morgan fingerprint density at radius 2 is 0.897 bits per heavy atom. The molecule has 11 heteroatoms. The molecule has 29 heavy (non-hydrogen) atoms. The van der Waals surface area contributed by atoms with Crippen molar-refractivity contribution in [2.24, 2.45) is 23.7 Å². The topological polar surface area (TPSA) is 139 Å². The highest BCUT2D eigenvalue weighted by Gasteiger charge is 2.55. The molecule has 0 spiro atoms. The van der Waals surface area contributed by atoms with Gasteiger partial charge in [-0.3, -0.25) is 19.2 Å². The largest absolute Gasteiger partial charge is 0.465 e. The molecule has 10 nitrogen and oxygen atoms in total. The molecule has 0 unspecified atom stereocenters. The van der Waals surface area contributed by atoms with Crippen molar-refractivity contribution < 1.29 is 46.5 Å². The first-order valence-corrected chi connectivity index (χ1v) is 11.3. The number of hydrogen-bond acceptors (Lipinski definition) is 10. The van der Waals surface area contributed by atoms with E-state index in [1.54, 1.807) is 0 Å². The van der Waals surface area contributed by atoms with Crippen LogP contribution < -0.4 is 0 Å². The van der Waals surface area contributed by atoms with E-state index in [4.69, 9.17) is 18.9 Å². The lowest BCUT2D eigenvalue weighted by Crippen LogP contribution is -2.44. The third kappa shape index (κ3) is 6.41. The van der Waals surface area contributed by atoms with Crippen LogP contribution in [0.1, 0.15) is 27.7 Å². The van der Waals surface area contributed by atoms with Crippen molar-refractivity contribution >= 4 is 33.7 Å². The van der Waals surface area contributed by atoms with Gasteiger partial charge in [-0.05, 0) is 27.7 Å². The number of esters is 4. The van der Waals surface area contributed by atoms with Gasteiger partial charge in [0.05, 0.1) is 37.9 Å². The lowest BCUT2D eigenvalue weighted by molar-refractivity contribution is -0.172. The lowest BCUT2D eigenvalue weighted by Gasteiger charge is -2.28. The number of sulfone groups is 1. The van der Waals surface area contributed by atoms with Crippen molar-refractivity contribution in [2.75, 3.05) is 37.9 Å². The summed E-state index contributed by atoms with van der Waals surface area (Å²) in [6.45, 7) is 5.95. The van der Waals surface area contributed by atoms with E-state index >= 15 is 0 Å². The maximum Gasteiger partial charge on any atom is 0.320 e. The zero-order chi connectivity index (χ0) is 22.2. The highest BCUT2D eigenvalue weighted by molar-refractivity contribution is 7.91. The van der Waals surface area contributed by atoms with Crippen LogP contribution in [-0.2, 0) is 48.0 Å². The van der Waals surface area contributed by atoms with E-state index in [0.29, 0.717) is 0 Å². The van der Waals surface area contributed by atoms with Crippen LogP contribution in [0.5, 0.6) is 0 Å². The highest BCUT2D eigenvalue weighted by atomic mass is 32.2. The van der Waals surface area contributed by atoms with Gasteiger partial charge in [0, 0.05) is 11.8 Å². The Bertz CT molecular complexity index is 624. The van der Waals surface area contributed by atoms with Gasteiger partial charge in [-0.2, -0.15) is 0 Å². The summed E-state index contributed by atoms with van der Waals surface area (Å²) in [7, 11) is -3.76. The fourth-order valence-electron chi connectivity index (χ4n) is 3.41. The fourth-order valence-corrected chi connectivity index (χ4v) is 5.60. The van der Waals surface area contributed by atoms with Crippen LogP contribution in [-0.4, -0.2) is 70.2 Å². The van der Waals surface area contributed by atoms with E-state index in [9.17, 15) is 27.6 Å². The molecule has 0 aromatic rings. The van der Waals surface area contributed by atoms with Crippen LogP contribution in [0.15, 0.2) is 0 Å². The maximum atomic E-state index is 12.5. The molecule has 0 bridgehead atoms. The highest BCUT2D eigenvalue weighted by Crippen LogP contribution is 2.39. The van der Waals surface area contributed by atoms with Crippen molar-refractivity contribution in [2.45, 2.75) is 27.7 Å². The van der Waals surface area contributed by atoms with E-state index in [1.165, 1.54) is 27.7 Å². The van der Waals surface area contributed by atoms with Gasteiger partial charge in [0.2, 0.25) is 0 Å². The zero-order valence-corrected chi connectivity index (χ0v) is 17.9. The Balaban J connectivity index is 3.44. The van der Waals surface area contributed by atoms with Crippen LogP contribution in [0.4, 0.5) is 0 Å². The summed E-state index contributed by atoms with van der Waals surface area (Å²) in [5, 5.41) is 0. The van der Waals surface area contributed by atoms with E-state index < -0.39 is 68.9 Å². The number of carbonyl (C=O) groups excluding carboxylic acids is 4. The Hall–Kier alpha value is -2.17. The van der Waals surface area contributed by atoms with Crippen LogP contribution in [0.2, 0.25) is 0 Å². The van der Waals surface area contributed by atoms with Gasteiger partial charge in [0.25, 0.3) is 0 Å². The molecule has 1 fully saturated rings. The molecule has 2 atom stereocenters. The minimum atomic E-state index is -3.76. The molecule has 0 aromatic carbocycles. The number of rotatable bonds is 10. The molecule has 1 heterocycles. The standard InChI is InChI=1S/C18H28O10S/c1-5-25-15(19)13(16(20)26-6-2)11-9-29(23,24)10-12(11)14(17(21)27-7-3)18(22)28-8-4/h11-14H,5-10H2,1-4H3/t11-,12+. The van der Waals surface area contributed by atoms with Crippen molar-refractivity contribution in [3.05, 3.63) is 0 Å². The molecule has 0 saturated carbocycles. The predicted molar refractivity (Wildman–Crippen MR) is 99.1 cm³/mol. The summed E-state index contributed by atoms with van der Waals surface area (Å²) in [4.78, 5) is 49.9. The average Bonchev–Trinajstić information content (AvgIpc) is 2.91. The second-order valence-electron chi connectivity index (χ2n) is 6.37. The number of hydrogen-bond donors (Lipinski definition) is 0. The summed E-state index contributed by atoms with van der Waals surface area (Å²) in [5.41, 5.74) is 0. The smallest absolute Gasteiger partial charge is 0.320 e. The molecule has 1 aliphatic rings. The lowest BCUT2D eigenvalue weighted by atomic mass is 9.76. The van der Waals surface area contributed by atoms with Gasteiger partial charge in [-0.1, -0.05) is 0 Å². The summed E-state index contributed by atoms with van der Waals surface area (Å²) < 4.78 is 44.5. The molecule has 0 aliphatic carbocycles. The number of carbonyl (C=O) groups is 4. The first-order valence-electron chi connectivity index (χ1n) is 9.50. The van der Waals surface area contributed by atoms with E-state index in [2.05, 4.69) is 0 Å². The van der Waals surface area contributed by atoms with Gasteiger partial charge in [-0.25, -0.2) is 8.42 Å². The minimum absolute atomic E-state index is 0.0436. The van der Waals surface area contributed by atoms with Crippen LogP contribution in [0.25, 0.3) is 0 Å². The summed E-state index contributed by atoms with van der Waals surface area (Å²) in [6.07, 6.45) is 0. The normalized spacial score (nSPS) is 20.3. The van der Waals surface area contributed by atoms with Crippen LogP contribution in [0.3, 0.4) is 0 Å². The average molecular weight is 436 g/mol. The maximum absolute atomic E-state index is 12.5. The minimum Gasteiger partial charge on any atom is -0.465 e. The molecule has 0 aromatic heterocycles. The fraction of sp³-hybridized carbons (Fsp3) is 0.778. The van der Waals surface area contributed by atoms with E-state index in [-0.39, 0.29) is 26.4 Å². The third-order valence-corrected chi connectivity index (χ3v) is 6.25. The first-order chi connectivity index (χ1) is 13.6. The van der Waals surface area contributed by atoms with Gasteiger partial charge < -0.3 is 18.9 Å². The van der Waals surface area contributed by atoms with Gasteiger partial charge in [-0.15, -0.1) is 0 Å². The zero-order valence-electron chi connectivity index (χ0n) is 17.0. The van der Waals surface area contributed by atoms with Crippen molar-refractivity contribution in [3.8, 4) is 0 Å². The monoisotopic (exact) mass is 436 g/mol. The quantitative estimate of drug-likeness (QED) is 0.264. The Kier molecular flexibility index (Phi) is 9.54. The molecule has 0 radical (unpaired) electrons. The second kappa shape index (κ2) is 11.1. The molecule has 166 valence electrons. The van der Waals surface area contributed by atoms with Gasteiger partial charge in [0.15, 0.2) is 21.7 Å². The van der Waals surface area contributed by atoms with Crippen molar-refractivity contribution in [1.29, 1.82) is 0 Å². The van der Waals surface area contributed by atoms with E-state index in [0.717, 1.165) is 0 Å². The molecule has 0 N–H and O–H groups in total. The molecule has 1 aliphatic heterocycles. The summed E-state index contributed by atoms with van der Waals surface area (Å²) in [5.74, 6) is -10.6. The Labute approximate surface area is 170 Å². The van der Waals surface area contributed by atoms with Gasteiger partial charge >= 0.3 is 23.9 Å². The van der Waals surface area contributed by atoms with Crippen LogP contribution >= 0.6 is 0 Å². The summed E-state index contributed by atoms with van der Waals surface area (Å²) in [6, 6.07) is 0. The van der Waals surface area contributed by atoms with Crippen LogP contribution in [0, 0.1) is 23.7 Å². The molecular weight excluding hydrogens is 408 g/mol. The molecule has 0 amide bonds. The number of ether oxygens (including phenoxy) is 4. The van der Waals surface area contributed by atoms with E-state index in [1.807, 2.05) is 0 Å². The van der Waals surface area contributed by atoms with Crippen molar-refractivity contribution in [1.82, 2.24) is 0 Å². The molecule has 1 saturated heterocycles. The summed E-state index contributed by atoms with van der Waals surface area (Å²) >= 11 is 0. The Morgan fingerprint density at radius 3 is 1.10 bits per heavy atom. The third-order valence-electron chi connectivity index (χ3n) is 4.46.